The van der Waals surface area contributed by atoms with Crippen LogP contribution < -0.4 is 0 Å². The summed E-state index contributed by atoms with van der Waals surface area (Å²) in [4.78, 5) is 11.5. The number of rotatable bonds is 2. The van der Waals surface area contributed by atoms with E-state index in [2.05, 4.69) is 15.3 Å². The summed E-state index contributed by atoms with van der Waals surface area (Å²) >= 11 is 0. The van der Waals surface area contributed by atoms with Crippen LogP contribution in [0.3, 0.4) is 0 Å². The van der Waals surface area contributed by atoms with Crippen molar-refractivity contribution in [3.05, 3.63) is 29.2 Å². The smallest absolute Gasteiger partial charge is 0.178 e. The second kappa shape index (κ2) is 3.62. The molecule has 0 atom stereocenters. The van der Waals surface area contributed by atoms with E-state index in [-0.39, 0.29) is 11.5 Å². The van der Waals surface area contributed by atoms with Crippen LogP contribution in [0, 0.1) is 18.3 Å². The zero-order valence-corrected chi connectivity index (χ0v) is 8.85. The standard InChI is InChI=1S/C10H9N5O/c1-6-8(5-11)14-15(10(6)7(2)16)9-3-4-12-13-9/h3-4H,1-2H3,(H,12,13). The van der Waals surface area contributed by atoms with Gasteiger partial charge in [-0.25, -0.2) is 4.68 Å². The molecule has 0 radical (unpaired) electrons. The number of ketones is 1. The van der Waals surface area contributed by atoms with Crippen LogP contribution in [-0.2, 0) is 0 Å². The van der Waals surface area contributed by atoms with E-state index in [1.54, 1.807) is 19.2 Å². The number of hydrogen-bond donors (Lipinski definition) is 1. The molecular weight excluding hydrogens is 206 g/mol. The van der Waals surface area contributed by atoms with Crippen molar-refractivity contribution >= 4 is 5.78 Å². The second-order valence-corrected chi connectivity index (χ2v) is 3.34. The fourth-order valence-corrected chi connectivity index (χ4v) is 1.56. The molecule has 0 spiro atoms. The summed E-state index contributed by atoms with van der Waals surface area (Å²) in [6, 6.07) is 3.63. The number of hydrogen-bond acceptors (Lipinski definition) is 4. The molecule has 0 aliphatic heterocycles. The average Bonchev–Trinajstić information content (AvgIpc) is 2.83. The zero-order chi connectivity index (χ0) is 11.7. The molecule has 2 heterocycles. The molecule has 0 saturated heterocycles. The zero-order valence-electron chi connectivity index (χ0n) is 8.85. The summed E-state index contributed by atoms with van der Waals surface area (Å²) in [6.07, 6.45) is 1.56. The SMILES string of the molecule is CC(=O)c1c(C)c(C#N)nn1-c1ccn[nH]1. The van der Waals surface area contributed by atoms with Crippen LogP contribution in [0.2, 0.25) is 0 Å². The molecule has 0 saturated carbocycles. The van der Waals surface area contributed by atoms with E-state index in [0.717, 1.165) is 0 Å². The third-order valence-corrected chi connectivity index (χ3v) is 2.28. The van der Waals surface area contributed by atoms with Gasteiger partial charge >= 0.3 is 0 Å². The summed E-state index contributed by atoms with van der Waals surface area (Å²) in [5.41, 5.74) is 1.24. The third-order valence-electron chi connectivity index (χ3n) is 2.28. The van der Waals surface area contributed by atoms with Gasteiger partial charge < -0.3 is 0 Å². The van der Waals surface area contributed by atoms with Gasteiger partial charge in [-0.3, -0.25) is 9.89 Å². The van der Waals surface area contributed by atoms with Crippen molar-refractivity contribution in [2.75, 3.05) is 0 Å². The summed E-state index contributed by atoms with van der Waals surface area (Å²) in [5, 5.41) is 19.4. The predicted molar refractivity (Wildman–Crippen MR) is 55.2 cm³/mol. The summed E-state index contributed by atoms with van der Waals surface area (Å²) in [6.45, 7) is 3.15. The monoisotopic (exact) mass is 215 g/mol. The lowest BCUT2D eigenvalue weighted by Crippen LogP contribution is -2.07. The molecule has 2 aromatic heterocycles. The van der Waals surface area contributed by atoms with Crippen LogP contribution in [-0.4, -0.2) is 25.8 Å². The van der Waals surface area contributed by atoms with E-state index >= 15 is 0 Å². The molecule has 2 rings (SSSR count). The Hall–Kier alpha value is -2.42. The van der Waals surface area contributed by atoms with Gasteiger partial charge in [0.2, 0.25) is 0 Å². The number of Topliss-reactive ketones (excluding diaryl/α,β-unsaturated/α-hetero) is 1. The third kappa shape index (κ3) is 1.39. The molecule has 6 heteroatoms. The fraction of sp³-hybridized carbons (Fsp3) is 0.200. The molecule has 1 N–H and O–H groups in total. The number of aromatic nitrogens is 4. The Kier molecular flexibility index (Phi) is 2.29. The van der Waals surface area contributed by atoms with E-state index in [9.17, 15) is 4.79 Å². The Morgan fingerprint density at radius 1 is 1.62 bits per heavy atom. The van der Waals surface area contributed by atoms with Gasteiger partial charge in [0, 0.05) is 18.6 Å². The first-order chi connectivity index (χ1) is 7.65. The van der Waals surface area contributed by atoms with Gasteiger partial charge in [-0.15, -0.1) is 0 Å². The molecule has 0 unspecified atom stereocenters. The fourth-order valence-electron chi connectivity index (χ4n) is 1.56. The van der Waals surface area contributed by atoms with Crippen molar-refractivity contribution in [3.63, 3.8) is 0 Å². The van der Waals surface area contributed by atoms with Gasteiger partial charge in [-0.2, -0.15) is 15.5 Å². The number of nitrogens with one attached hydrogen (secondary N) is 1. The highest BCUT2D eigenvalue weighted by atomic mass is 16.1. The molecule has 2 aromatic rings. The maximum Gasteiger partial charge on any atom is 0.178 e. The highest BCUT2D eigenvalue weighted by Gasteiger charge is 2.19. The average molecular weight is 215 g/mol. The molecule has 0 amide bonds. The number of nitrogens with zero attached hydrogens (tertiary/aromatic N) is 4. The maximum atomic E-state index is 11.5. The van der Waals surface area contributed by atoms with Gasteiger partial charge in [0.1, 0.15) is 17.6 Å². The van der Waals surface area contributed by atoms with Gasteiger partial charge in [-0.05, 0) is 6.92 Å². The molecule has 0 aliphatic carbocycles. The van der Waals surface area contributed by atoms with E-state index in [0.29, 0.717) is 17.1 Å². The van der Waals surface area contributed by atoms with Crippen molar-refractivity contribution in [2.24, 2.45) is 0 Å². The highest BCUT2D eigenvalue weighted by molar-refractivity contribution is 5.94. The summed E-state index contributed by atoms with van der Waals surface area (Å²) in [5.74, 6) is 0.427. The molecule has 16 heavy (non-hydrogen) atoms. The van der Waals surface area contributed by atoms with E-state index in [1.165, 1.54) is 11.6 Å². The van der Waals surface area contributed by atoms with Gasteiger partial charge in [0.25, 0.3) is 0 Å². The molecule has 6 nitrogen and oxygen atoms in total. The number of H-pyrrole nitrogens is 1. The Morgan fingerprint density at radius 2 is 2.38 bits per heavy atom. The van der Waals surface area contributed by atoms with Crippen molar-refractivity contribution in [3.8, 4) is 11.9 Å². The van der Waals surface area contributed by atoms with E-state index < -0.39 is 0 Å². The highest BCUT2D eigenvalue weighted by Crippen LogP contribution is 2.16. The van der Waals surface area contributed by atoms with Crippen LogP contribution in [0.1, 0.15) is 28.7 Å². The van der Waals surface area contributed by atoms with Gasteiger partial charge in [0.05, 0.1) is 6.20 Å². The Labute approximate surface area is 91.5 Å². The van der Waals surface area contributed by atoms with Gasteiger partial charge in [-0.1, -0.05) is 0 Å². The van der Waals surface area contributed by atoms with Crippen LogP contribution in [0.5, 0.6) is 0 Å². The lowest BCUT2D eigenvalue weighted by molar-refractivity contribution is 0.100. The summed E-state index contributed by atoms with van der Waals surface area (Å²) in [7, 11) is 0. The van der Waals surface area contributed by atoms with Crippen LogP contribution >= 0.6 is 0 Å². The molecular formula is C10H9N5O. The Balaban J connectivity index is 2.71. The lowest BCUT2D eigenvalue weighted by Gasteiger charge is -2.01. The first-order valence-electron chi connectivity index (χ1n) is 4.65. The van der Waals surface area contributed by atoms with Crippen LogP contribution in [0.4, 0.5) is 0 Å². The first kappa shape index (κ1) is 10.1. The van der Waals surface area contributed by atoms with Crippen molar-refractivity contribution in [1.82, 2.24) is 20.0 Å². The predicted octanol–water partition coefficient (Wildman–Crippen LogP) is 0.978. The lowest BCUT2D eigenvalue weighted by atomic mass is 10.1. The normalized spacial score (nSPS) is 10.1. The minimum atomic E-state index is -0.138. The number of nitriles is 1. The second-order valence-electron chi connectivity index (χ2n) is 3.34. The minimum absolute atomic E-state index is 0.138. The molecule has 0 bridgehead atoms. The number of carbonyl (C=O) groups excluding carboxylic acids is 1. The van der Waals surface area contributed by atoms with Gasteiger partial charge in [0.15, 0.2) is 11.5 Å². The quantitative estimate of drug-likeness (QED) is 0.756. The molecule has 80 valence electrons. The Morgan fingerprint density at radius 3 is 2.88 bits per heavy atom. The Bertz CT molecular complexity index is 573. The largest absolute Gasteiger partial charge is 0.293 e. The molecule has 0 fully saturated rings. The van der Waals surface area contributed by atoms with E-state index in [1.807, 2.05) is 6.07 Å². The number of aromatic amines is 1. The molecule has 0 aliphatic rings. The minimum Gasteiger partial charge on any atom is -0.293 e. The van der Waals surface area contributed by atoms with E-state index in [4.69, 9.17) is 5.26 Å². The summed E-state index contributed by atoms with van der Waals surface area (Å²) < 4.78 is 1.41. The van der Waals surface area contributed by atoms with Crippen molar-refractivity contribution < 1.29 is 4.79 Å². The first-order valence-corrected chi connectivity index (χ1v) is 4.65. The topological polar surface area (TPSA) is 87.4 Å². The van der Waals surface area contributed by atoms with Crippen LogP contribution in [0.25, 0.3) is 5.82 Å². The van der Waals surface area contributed by atoms with Crippen LogP contribution in [0.15, 0.2) is 12.3 Å². The van der Waals surface area contributed by atoms with Crippen molar-refractivity contribution in [1.29, 1.82) is 5.26 Å². The molecule has 0 aromatic carbocycles. The number of carbonyl (C=O) groups is 1. The maximum absolute atomic E-state index is 11.5. The van der Waals surface area contributed by atoms with Crippen molar-refractivity contribution in [2.45, 2.75) is 13.8 Å².